The molecular formula is C11H21N5O5. The lowest BCUT2D eigenvalue weighted by molar-refractivity contribution is -0.121. The Labute approximate surface area is 122 Å². The van der Waals surface area contributed by atoms with E-state index in [-0.39, 0.29) is 13.0 Å². The van der Waals surface area contributed by atoms with Crippen molar-refractivity contribution in [2.45, 2.75) is 39.7 Å². The van der Waals surface area contributed by atoms with Crippen LogP contribution in [0.2, 0.25) is 0 Å². The molecule has 10 heteroatoms. The van der Waals surface area contributed by atoms with Crippen molar-refractivity contribution in [1.29, 1.82) is 0 Å². The van der Waals surface area contributed by atoms with E-state index in [2.05, 4.69) is 10.7 Å². The zero-order valence-electron chi connectivity index (χ0n) is 12.5. The molecule has 0 aromatic carbocycles. The summed E-state index contributed by atoms with van der Waals surface area (Å²) in [7, 11) is 0. The van der Waals surface area contributed by atoms with E-state index in [0.717, 1.165) is 0 Å². The number of hydrogen-bond acceptors (Lipinski definition) is 5. The fraction of sp³-hybridized carbons (Fsp3) is 0.636. The number of amides is 5. The van der Waals surface area contributed by atoms with Crippen LogP contribution in [0, 0.1) is 0 Å². The van der Waals surface area contributed by atoms with Crippen LogP contribution in [0.25, 0.3) is 0 Å². The van der Waals surface area contributed by atoms with Gasteiger partial charge in [0, 0.05) is 19.9 Å². The van der Waals surface area contributed by atoms with Gasteiger partial charge in [0.25, 0.3) is 0 Å². The molecule has 5 amide bonds. The number of carbonyl (C=O) groups excluding carboxylic acids is 4. The largest absolute Gasteiger partial charge is 0.444 e. The SMILES string of the molecule is CC(=O)NNC(=O)NNC(=O)CCNC(=O)OC(C)(C)C. The highest BCUT2D eigenvalue weighted by atomic mass is 16.6. The highest BCUT2D eigenvalue weighted by Gasteiger charge is 2.15. The van der Waals surface area contributed by atoms with Crippen LogP contribution < -0.4 is 27.0 Å². The van der Waals surface area contributed by atoms with Gasteiger partial charge in [0.05, 0.1) is 0 Å². The number of hydrazine groups is 2. The van der Waals surface area contributed by atoms with Crippen LogP contribution in [0.15, 0.2) is 0 Å². The van der Waals surface area contributed by atoms with Crippen LogP contribution >= 0.6 is 0 Å². The molecule has 0 saturated heterocycles. The minimum absolute atomic E-state index is 0.0513. The molecule has 0 fully saturated rings. The molecule has 0 heterocycles. The molecule has 5 N–H and O–H groups in total. The second-order valence-electron chi connectivity index (χ2n) is 4.99. The molecule has 0 bridgehead atoms. The Bertz CT molecular complexity index is 404. The quantitative estimate of drug-likeness (QED) is 0.438. The average molecular weight is 303 g/mol. The molecule has 0 spiro atoms. The van der Waals surface area contributed by atoms with E-state index < -0.39 is 29.5 Å². The van der Waals surface area contributed by atoms with Crippen molar-refractivity contribution in [2.75, 3.05) is 6.54 Å². The zero-order chi connectivity index (χ0) is 16.5. The third kappa shape index (κ3) is 12.3. The summed E-state index contributed by atoms with van der Waals surface area (Å²) in [4.78, 5) is 44.1. The summed E-state index contributed by atoms with van der Waals surface area (Å²) < 4.78 is 4.97. The predicted octanol–water partition coefficient (Wildman–Crippen LogP) is -0.717. The Balaban J connectivity index is 3.74. The smallest absolute Gasteiger partial charge is 0.407 e. The van der Waals surface area contributed by atoms with E-state index in [4.69, 9.17) is 4.74 Å². The lowest BCUT2D eigenvalue weighted by Gasteiger charge is -2.19. The van der Waals surface area contributed by atoms with Gasteiger partial charge in [-0.2, -0.15) is 0 Å². The number of carbonyl (C=O) groups is 4. The van der Waals surface area contributed by atoms with Crippen LogP contribution in [0.3, 0.4) is 0 Å². The number of urea groups is 1. The molecule has 10 nitrogen and oxygen atoms in total. The topological polar surface area (TPSA) is 138 Å². The number of nitrogens with one attached hydrogen (secondary N) is 5. The fourth-order valence-corrected chi connectivity index (χ4v) is 0.957. The van der Waals surface area contributed by atoms with Gasteiger partial charge in [-0.3, -0.25) is 20.4 Å². The van der Waals surface area contributed by atoms with Gasteiger partial charge in [0.1, 0.15) is 5.60 Å². The Kier molecular flexibility index (Phi) is 7.58. The van der Waals surface area contributed by atoms with Crippen molar-refractivity contribution in [3.05, 3.63) is 0 Å². The Morgan fingerprint density at radius 2 is 1.52 bits per heavy atom. The van der Waals surface area contributed by atoms with Crippen LogP contribution in [0.1, 0.15) is 34.1 Å². The third-order valence-corrected chi connectivity index (χ3v) is 1.69. The lowest BCUT2D eigenvalue weighted by atomic mass is 10.2. The zero-order valence-corrected chi connectivity index (χ0v) is 12.5. The van der Waals surface area contributed by atoms with Gasteiger partial charge in [-0.1, -0.05) is 0 Å². The average Bonchev–Trinajstić information content (AvgIpc) is 2.31. The van der Waals surface area contributed by atoms with Crippen LogP contribution in [-0.2, 0) is 14.3 Å². The minimum atomic E-state index is -0.807. The fourth-order valence-electron chi connectivity index (χ4n) is 0.957. The van der Waals surface area contributed by atoms with E-state index in [1.165, 1.54) is 6.92 Å². The first-order chi connectivity index (χ1) is 9.60. The van der Waals surface area contributed by atoms with Crippen molar-refractivity contribution < 1.29 is 23.9 Å². The van der Waals surface area contributed by atoms with Crippen molar-refractivity contribution in [2.24, 2.45) is 0 Å². The van der Waals surface area contributed by atoms with Gasteiger partial charge in [0.15, 0.2) is 0 Å². The van der Waals surface area contributed by atoms with E-state index in [1.54, 1.807) is 20.8 Å². The summed E-state index contributed by atoms with van der Waals surface area (Å²) in [6.07, 6.45) is -0.689. The van der Waals surface area contributed by atoms with Gasteiger partial charge in [-0.15, -0.1) is 0 Å². The summed E-state index contributed by atoms with van der Waals surface area (Å²) >= 11 is 0. The summed E-state index contributed by atoms with van der Waals surface area (Å²) in [5.41, 5.74) is 7.48. The van der Waals surface area contributed by atoms with Gasteiger partial charge in [0.2, 0.25) is 11.8 Å². The summed E-state index contributed by atoms with van der Waals surface area (Å²) in [5.74, 6) is -0.984. The summed E-state index contributed by atoms with van der Waals surface area (Å²) in [6.45, 7) is 6.42. The molecule has 0 aliphatic carbocycles. The molecule has 0 aromatic heterocycles. The molecule has 0 aliphatic heterocycles. The van der Waals surface area contributed by atoms with Gasteiger partial charge >= 0.3 is 12.1 Å². The molecule has 0 saturated carbocycles. The highest BCUT2D eigenvalue weighted by Crippen LogP contribution is 2.06. The second-order valence-corrected chi connectivity index (χ2v) is 4.99. The first-order valence-electron chi connectivity index (χ1n) is 6.18. The maximum absolute atomic E-state index is 11.3. The summed E-state index contributed by atoms with van der Waals surface area (Å²) in [5, 5.41) is 2.39. The van der Waals surface area contributed by atoms with Crippen LogP contribution in [-0.4, -0.2) is 36.1 Å². The van der Waals surface area contributed by atoms with Crippen LogP contribution in [0.5, 0.6) is 0 Å². The van der Waals surface area contributed by atoms with Crippen molar-refractivity contribution >= 4 is 23.9 Å². The maximum atomic E-state index is 11.3. The molecule has 21 heavy (non-hydrogen) atoms. The normalized spacial score (nSPS) is 10.1. The van der Waals surface area contributed by atoms with E-state index in [0.29, 0.717) is 0 Å². The number of rotatable bonds is 3. The Morgan fingerprint density at radius 3 is 2.05 bits per heavy atom. The van der Waals surface area contributed by atoms with Gasteiger partial charge < -0.3 is 10.1 Å². The molecule has 0 rings (SSSR count). The number of ether oxygens (including phenoxy) is 1. The predicted molar refractivity (Wildman–Crippen MR) is 72.5 cm³/mol. The number of alkyl carbamates (subject to hydrolysis) is 1. The highest BCUT2D eigenvalue weighted by molar-refractivity contribution is 5.83. The van der Waals surface area contributed by atoms with E-state index in [9.17, 15) is 19.2 Å². The molecule has 0 atom stereocenters. The van der Waals surface area contributed by atoms with E-state index >= 15 is 0 Å². The first-order valence-corrected chi connectivity index (χ1v) is 6.18. The molecule has 120 valence electrons. The maximum Gasteiger partial charge on any atom is 0.407 e. The second kappa shape index (κ2) is 8.61. The standard InChI is InChI=1S/C11H21N5O5/c1-7(17)13-15-9(19)16-14-8(18)5-6-12-10(20)21-11(2,3)4/h5-6H2,1-4H3,(H,12,20)(H,13,17)(H,14,18)(H2,15,16,19). The summed E-state index contributed by atoms with van der Waals surface area (Å²) in [6, 6.07) is -0.807. The van der Waals surface area contributed by atoms with Crippen molar-refractivity contribution in [1.82, 2.24) is 27.0 Å². The van der Waals surface area contributed by atoms with Gasteiger partial charge in [-0.25, -0.2) is 20.4 Å². The van der Waals surface area contributed by atoms with E-state index in [1.807, 2.05) is 16.3 Å². The van der Waals surface area contributed by atoms with Gasteiger partial charge in [-0.05, 0) is 20.8 Å². The minimum Gasteiger partial charge on any atom is -0.444 e. The molecule has 0 aromatic rings. The first kappa shape index (κ1) is 18.5. The van der Waals surface area contributed by atoms with Crippen molar-refractivity contribution in [3.63, 3.8) is 0 Å². The number of hydrogen-bond donors (Lipinski definition) is 5. The van der Waals surface area contributed by atoms with Crippen molar-refractivity contribution in [3.8, 4) is 0 Å². The molecule has 0 radical (unpaired) electrons. The molecule has 0 unspecified atom stereocenters. The monoisotopic (exact) mass is 303 g/mol. The Hall–Kier alpha value is -2.52. The lowest BCUT2D eigenvalue weighted by Crippen LogP contribution is -2.52. The molecular weight excluding hydrogens is 282 g/mol. The van der Waals surface area contributed by atoms with Crippen LogP contribution in [0.4, 0.5) is 9.59 Å². The third-order valence-electron chi connectivity index (χ3n) is 1.69. The Morgan fingerprint density at radius 1 is 0.952 bits per heavy atom. The molecule has 0 aliphatic rings.